The number of nitrogens with zero attached hydrogens (tertiary/aromatic N) is 3. The summed E-state index contributed by atoms with van der Waals surface area (Å²) in [5, 5.41) is 1.04. The van der Waals surface area contributed by atoms with Crippen LogP contribution in [0.5, 0.6) is 0 Å². The predicted octanol–water partition coefficient (Wildman–Crippen LogP) is 15.2. The Morgan fingerprint density at radius 1 is 0.415 bits per heavy atom. The second-order valence-electron chi connectivity index (χ2n) is 22.7. The lowest BCUT2D eigenvalue weighted by molar-refractivity contribution is 0.590. The van der Waals surface area contributed by atoms with E-state index in [0.29, 0.717) is 0 Å². The normalized spacial score (nSPS) is 13.8. The molecule has 7 aromatic carbocycles. The number of anilines is 6. The molecule has 1 aromatic heterocycles. The van der Waals surface area contributed by atoms with Gasteiger partial charge < -0.3 is 9.80 Å². The van der Waals surface area contributed by atoms with Crippen molar-refractivity contribution in [3.05, 3.63) is 167 Å². The molecule has 0 amide bonds. The highest BCUT2D eigenvalue weighted by Gasteiger charge is 2.44. The van der Waals surface area contributed by atoms with Crippen molar-refractivity contribution in [2.45, 2.75) is 112 Å². The molecule has 0 fully saturated rings. The molecule has 3 heterocycles. The SMILES string of the molecule is Cc1cc2c3c(c1)N(c1ccc(C(C)(C)C)cc1)c1cc4nc(-c5ccc(-c6ccc(C(C)(C)C)cc6)cc5)sc4cc1B3c1cc(C(C)(C)C)ccc1N2c1ccc(C(C)(C)C)cc1. The highest BCUT2D eigenvalue weighted by atomic mass is 32.1. The molecule has 0 unspecified atom stereocenters. The summed E-state index contributed by atoms with van der Waals surface area (Å²) < 4.78 is 1.20. The Hall–Kier alpha value is -5.91. The highest BCUT2D eigenvalue weighted by molar-refractivity contribution is 7.21. The van der Waals surface area contributed by atoms with E-state index in [1.807, 2.05) is 0 Å². The lowest BCUT2D eigenvalue weighted by atomic mass is 9.33. The molecule has 0 bridgehead atoms. The lowest BCUT2D eigenvalue weighted by Crippen LogP contribution is -2.61. The third kappa shape index (κ3) is 7.60. The zero-order valence-corrected chi connectivity index (χ0v) is 41.4. The molecule has 0 spiro atoms. The summed E-state index contributed by atoms with van der Waals surface area (Å²) in [5.41, 5.74) is 22.6. The fourth-order valence-electron chi connectivity index (χ4n) is 9.89. The Morgan fingerprint density at radius 2 is 0.831 bits per heavy atom. The summed E-state index contributed by atoms with van der Waals surface area (Å²) in [7, 11) is 0. The first-order valence-electron chi connectivity index (χ1n) is 23.4. The van der Waals surface area contributed by atoms with Gasteiger partial charge in [0.15, 0.2) is 0 Å². The molecule has 0 saturated carbocycles. The molecule has 0 radical (unpaired) electrons. The van der Waals surface area contributed by atoms with E-state index in [4.69, 9.17) is 4.98 Å². The molecule has 3 nitrogen and oxygen atoms in total. The maximum atomic E-state index is 5.41. The molecule has 0 aliphatic carbocycles. The van der Waals surface area contributed by atoms with Crippen LogP contribution in [0, 0.1) is 6.92 Å². The third-order valence-corrected chi connectivity index (χ3v) is 14.9. The molecule has 5 heteroatoms. The van der Waals surface area contributed by atoms with Crippen LogP contribution in [0.3, 0.4) is 0 Å². The summed E-state index contributed by atoms with van der Waals surface area (Å²) in [6, 6.07) is 53.5. The monoisotopic (exact) mass is 867 g/mol. The Labute approximate surface area is 392 Å². The number of fused-ring (bicyclic) bond motifs is 5. The van der Waals surface area contributed by atoms with Gasteiger partial charge in [0.05, 0.1) is 10.2 Å². The fourth-order valence-corrected chi connectivity index (χ4v) is 10.9. The molecule has 2 aliphatic heterocycles. The lowest BCUT2D eigenvalue weighted by Gasteiger charge is -2.44. The topological polar surface area (TPSA) is 19.4 Å². The molecular weight excluding hydrogens is 806 g/mol. The first-order valence-corrected chi connectivity index (χ1v) is 24.2. The van der Waals surface area contributed by atoms with Crippen molar-refractivity contribution in [1.29, 1.82) is 0 Å². The molecule has 2 aliphatic rings. The van der Waals surface area contributed by atoms with E-state index in [9.17, 15) is 0 Å². The van der Waals surface area contributed by atoms with Crippen LogP contribution in [0.25, 0.3) is 31.9 Å². The number of hydrogen-bond acceptors (Lipinski definition) is 4. The quantitative estimate of drug-likeness (QED) is 0.164. The van der Waals surface area contributed by atoms with Gasteiger partial charge in [0, 0.05) is 39.7 Å². The number of benzene rings is 7. The van der Waals surface area contributed by atoms with Crippen LogP contribution in [-0.4, -0.2) is 11.7 Å². The van der Waals surface area contributed by atoms with Crippen molar-refractivity contribution in [2.75, 3.05) is 9.80 Å². The summed E-state index contributed by atoms with van der Waals surface area (Å²) in [5.74, 6) is 0. The van der Waals surface area contributed by atoms with Crippen molar-refractivity contribution in [2.24, 2.45) is 0 Å². The van der Waals surface area contributed by atoms with Crippen molar-refractivity contribution in [3.63, 3.8) is 0 Å². The summed E-state index contributed by atoms with van der Waals surface area (Å²) in [6.07, 6.45) is 0. The smallest absolute Gasteiger partial charge is 0.252 e. The molecular formula is C60H62BN3S. The summed E-state index contributed by atoms with van der Waals surface area (Å²) in [6.45, 7) is 29.8. The minimum absolute atomic E-state index is 0.0157. The standard InChI is InChI=1S/C60H62BN3S/c1-37-32-52-55-53(33-37)64(46-29-24-43(25-30-46)59(8,9)10)51-36-49-54(65-56(62-49)40-16-14-38(15-17-40)39-18-20-41(21-19-39)57(2,3)4)35-48(51)61(55)47-34-44(60(11,12)13)26-31-50(47)63(52)45-27-22-42(23-28-45)58(5,6)7/h14-36H,1-13H3. The molecule has 65 heavy (non-hydrogen) atoms. The Morgan fingerprint density at radius 3 is 1.32 bits per heavy atom. The number of aryl methyl sites for hydroxylation is 1. The van der Waals surface area contributed by atoms with Gasteiger partial charge in [-0.05, 0) is 139 Å². The zero-order valence-electron chi connectivity index (χ0n) is 40.6. The van der Waals surface area contributed by atoms with Gasteiger partial charge in [0.2, 0.25) is 0 Å². The van der Waals surface area contributed by atoms with E-state index in [0.717, 1.165) is 21.8 Å². The molecule has 0 N–H and O–H groups in total. The van der Waals surface area contributed by atoms with E-state index >= 15 is 0 Å². The van der Waals surface area contributed by atoms with Gasteiger partial charge in [0.1, 0.15) is 5.01 Å². The Bertz CT molecular complexity index is 3110. The van der Waals surface area contributed by atoms with E-state index in [1.165, 1.54) is 88.5 Å². The summed E-state index contributed by atoms with van der Waals surface area (Å²) >= 11 is 1.80. The second kappa shape index (κ2) is 15.1. The maximum absolute atomic E-state index is 5.41. The van der Waals surface area contributed by atoms with E-state index in [-0.39, 0.29) is 28.4 Å². The van der Waals surface area contributed by atoms with Crippen LogP contribution in [0.1, 0.15) is 111 Å². The number of aromatic nitrogens is 1. The van der Waals surface area contributed by atoms with Gasteiger partial charge in [-0.3, -0.25) is 0 Å². The van der Waals surface area contributed by atoms with Crippen LogP contribution >= 0.6 is 11.3 Å². The van der Waals surface area contributed by atoms with E-state index in [2.05, 4.69) is 239 Å². The van der Waals surface area contributed by atoms with Crippen molar-refractivity contribution >= 4 is 78.8 Å². The van der Waals surface area contributed by atoms with Gasteiger partial charge in [0.25, 0.3) is 6.71 Å². The van der Waals surface area contributed by atoms with Crippen LogP contribution in [-0.2, 0) is 21.7 Å². The minimum Gasteiger partial charge on any atom is -0.311 e. The average molecular weight is 868 g/mol. The number of hydrogen-bond donors (Lipinski definition) is 0. The van der Waals surface area contributed by atoms with Crippen LogP contribution in [0.15, 0.2) is 140 Å². The zero-order chi connectivity index (χ0) is 46.0. The highest BCUT2D eigenvalue weighted by Crippen LogP contribution is 2.47. The first kappa shape index (κ1) is 43.0. The third-order valence-electron chi connectivity index (χ3n) is 13.8. The Kier molecular flexibility index (Phi) is 9.97. The van der Waals surface area contributed by atoms with Gasteiger partial charge in [-0.1, -0.05) is 168 Å². The first-order chi connectivity index (χ1) is 30.6. The van der Waals surface area contributed by atoms with Crippen LogP contribution in [0.2, 0.25) is 0 Å². The van der Waals surface area contributed by atoms with Crippen LogP contribution < -0.4 is 26.2 Å². The maximum Gasteiger partial charge on any atom is 0.252 e. The molecule has 0 saturated heterocycles. The largest absolute Gasteiger partial charge is 0.311 e. The van der Waals surface area contributed by atoms with Crippen LogP contribution in [0.4, 0.5) is 34.1 Å². The van der Waals surface area contributed by atoms with Gasteiger partial charge in [-0.15, -0.1) is 11.3 Å². The summed E-state index contributed by atoms with van der Waals surface area (Å²) in [4.78, 5) is 10.5. The Balaban J connectivity index is 1.18. The minimum atomic E-state index is -0.0229. The molecule has 10 rings (SSSR count). The van der Waals surface area contributed by atoms with Gasteiger partial charge >= 0.3 is 0 Å². The van der Waals surface area contributed by atoms with Gasteiger partial charge in [-0.25, -0.2) is 4.98 Å². The predicted molar refractivity (Wildman–Crippen MR) is 284 cm³/mol. The van der Waals surface area contributed by atoms with Gasteiger partial charge in [-0.2, -0.15) is 0 Å². The fraction of sp³-hybridized carbons (Fsp3) is 0.283. The molecule has 0 atom stereocenters. The van der Waals surface area contributed by atoms with Crippen molar-refractivity contribution in [3.8, 4) is 21.7 Å². The number of thiazole rings is 1. The average Bonchev–Trinajstić information content (AvgIpc) is 3.67. The van der Waals surface area contributed by atoms with E-state index in [1.54, 1.807) is 11.3 Å². The second-order valence-corrected chi connectivity index (χ2v) is 23.8. The van der Waals surface area contributed by atoms with Crippen molar-refractivity contribution < 1.29 is 0 Å². The van der Waals surface area contributed by atoms with E-state index < -0.39 is 0 Å². The van der Waals surface area contributed by atoms with Crippen molar-refractivity contribution in [1.82, 2.24) is 4.98 Å². The molecule has 326 valence electrons. The molecule has 8 aromatic rings. The number of rotatable bonds is 4.